The van der Waals surface area contributed by atoms with Gasteiger partial charge in [0, 0.05) is 11.1 Å². The molecule has 0 saturated carbocycles. The van der Waals surface area contributed by atoms with Crippen molar-refractivity contribution in [2.45, 2.75) is 39.3 Å². The van der Waals surface area contributed by atoms with Crippen molar-refractivity contribution in [3.05, 3.63) is 70.8 Å². The second kappa shape index (κ2) is 7.95. The first kappa shape index (κ1) is 24.9. The van der Waals surface area contributed by atoms with E-state index in [1.54, 1.807) is 12.1 Å². The maximum atomic E-state index is 10.8. The molecule has 0 amide bonds. The molecule has 0 atom stereocenters. The minimum atomic E-state index is -10.7. The molecule has 0 bridgehead atoms. The van der Waals surface area contributed by atoms with Crippen molar-refractivity contribution in [1.82, 2.24) is 0 Å². The fraction of sp³-hybridized carbons (Fsp3) is 0.316. The fourth-order valence-corrected chi connectivity index (χ4v) is 2.33. The molecule has 3 N–H and O–H groups in total. The van der Waals surface area contributed by atoms with E-state index in [1.807, 2.05) is 12.1 Å². The van der Waals surface area contributed by atoms with Gasteiger partial charge in [0.25, 0.3) is 0 Å². The summed E-state index contributed by atoms with van der Waals surface area (Å²) in [5, 5.41) is 11.1. The van der Waals surface area contributed by atoms with E-state index in [0.29, 0.717) is 5.56 Å². The molecule has 0 saturated heterocycles. The summed E-state index contributed by atoms with van der Waals surface area (Å²) in [4.78, 5) is 10.8. The molecular weight excluding hydrogens is 419 g/mol. The van der Waals surface area contributed by atoms with E-state index in [-0.39, 0.29) is 5.41 Å². The summed E-state index contributed by atoms with van der Waals surface area (Å²) in [6.45, 7) is 8.42. The third-order valence-electron chi connectivity index (χ3n) is 3.78. The van der Waals surface area contributed by atoms with Gasteiger partial charge in [-0.3, -0.25) is 0 Å². The summed E-state index contributed by atoms with van der Waals surface area (Å²) in [5.74, 6) is -0.880. The molecule has 0 aliphatic heterocycles. The summed E-state index contributed by atoms with van der Waals surface area (Å²) < 4.78 is 59.2. The number of hydrogen-bond donors (Lipinski definition) is 2. The van der Waals surface area contributed by atoms with Crippen LogP contribution in [-0.4, -0.2) is 11.1 Å². The fourth-order valence-electron chi connectivity index (χ4n) is 2.33. The third-order valence-corrected chi connectivity index (χ3v) is 3.78. The first-order valence-electron chi connectivity index (χ1n) is 8.61. The predicted molar refractivity (Wildman–Crippen MR) is 101 cm³/mol. The number of quaternary nitrogens is 1. The molecule has 10 heteroatoms. The topological polar surface area (TPSA) is 53.9 Å². The number of halogens is 6. The molecule has 0 fully saturated rings. The molecule has 2 aromatic rings. The Hall–Kier alpha value is -2.12. The molecular formula is C19H24F6NO2P. The Kier molecular flexibility index (Phi) is 6.83. The molecule has 0 aliphatic carbocycles. The predicted octanol–water partition coefficient (Wildman–Crippen LogP) is 6.33. The summed E-state index contributed by atoms with van der Waals surface area (Å²) in [6.07, 6.45) is 0. The molecule has 0 heterocycles. The Balaban J connectivity index is 0.000000516. The van der Waals surface area contributed by atoms with Gasteiger partial charge in [0.2, 0.25) is 0 Å². The van der Waals surface area contributed by atoms with E-state index in [2.05, 4.69) is 50.4 Å². The molecule has 164 valence electrons. The van der Waals surface area contributed by atoms with Gasteiger partial charge in [-0.1, -0.05) is 57.2 Å². The number of aromatic carboxylic acids is 1. The Labute approximate surface area is 165 Å². The van der Waals surface area contributed by atoms with E-state index < -0.39 is 13.8 Å². The Bertz CT molecular complexity index is 815. The van der Waals surface area contributed by atoms with Crippen LogP contribution in [0.25, 0.3) is 0 Å². The molecule has 0 unspecified atom stereocenters. The van der Waals surface area contributed by atoms with Crippen LogP contribution in [0, 0.1) is 0 Å². The third kappa shape index (κ3) is 12.9. The number of nitrogens with two attached hydrogens (primary N) is 1. The van der Waals surface area contributed by atoms with Crippen LogP contribution in [0.5, 0.6) is 0 Å². The molecule has 3 nitrogen and oxygen atoms in total. The maximum absolute atomic E-state index is 10.8. The van der Waals surface area contributed by atoms with Gasteiger partial charge in [0.1, 0.15) is 13.1 Å². The van der Waals surface area contributed by atoms with Gasteiger partial charge in [0.15, 0.2) is 0 Å². The van der Waals surface area contributed by atoms with E-state index >= 15 is 0 Å². The molecule has 0 spiro atoms. The van der Waals surface area contributed by atoms with Gasteiger partial charge in [-0.25, -0.2) is 4.79 Å². The number of carbonyl (C=O) groups is 1. The molecule has 0 aliphatic rings. The summed E-state index contributed by atoms with van der Waals surface area (Å²) >= 11 is 0. The number of rotatable bonds is 5. The van der Waals surface area contributed by atoms with Crippen LogP contribution in [0.3, 0.4) is 0 Å². The summed E-state index contributed by atoms with van der Waals surface area (Å²) in [6, 6.07) is 15.8. The monoisotopic (exact) mass is 443 g/mol. The normalized spacial score (nSPS) is 14.2. The average molecular weight is 443 g/mol. The van der Waals surface area contributed by atoms with Crippen molar-refractivity contribution in [3.63, 3.8) is 0 Å². The van der Waals surface area contributed by atoms with Crippen LogP contribution in [0.2, 0.25) is 0 Å². The van der Waals surface area contributed by atoms with Gasteiger partial charge in [-0.05, 0) is 23.1 Å². The number of benzene rings is 2. The van der Waals surface area contributed by atoms with Gasteiger partial charge in [-0.15, -0.1) is 0 Å². The second-order valence-corrected chi connectivity index (χ2v) is 9.52. The van der Waals surface area contributed by atoms with Crippen LogP contribution >= 0.6 is 7.81 Å². The van der Waals surface area contributed by atoms with Crippen molar-refractivity contribution in [2.75, 3.05) is 0 Å². The average Bonchev–Trinajstić information content (AvgIpc) is 2.52. The Morgan fingerprint density at radius 2 is 1.17 bits per heavy atom. The SMILES string of the molecule is CC(C)(C)c1ccc(C[NH2+]Cc2ccc(C(=O)O)cc2)cc1.F[P-](F)(F)(F)(F)F. The van der Waals surface area contributed by atoms with Crippen LogP contribution in [0.15, 0.2) is 48.5 Å². The van der Waals surface area contributed by atoms with Gasteiger partial charge < -0.3 is 10.4 Å². The number of hydrogen-bond acceptors (Lipinski definition) is 1. The molecule has 29 heavy (non-hydrogen) atoms. The van der Waals surface area contributed by atoms with E-state index in [4.69, 9.17) is 5.11 Å². The van der Waals surface area contributed by atoms with Crippen molar-refractivity contribution < 1.29 is 40.4 Å². The zero-order chi connectivity index (χ0) is 22.6. The first-order chi connectivity index (χ1) is 12.8. The Morgan fingerprint density at radius 3 is 1.48 bits per heavy atom. The van der Waals surface area contributed by atoms with Crippen molar-refractivity contribution in [2.24, 2.45) is 0 Å². The van der Waals surface area contributed by atoms with Crippen LogP contribution < -0.4 is 5.32 Å². The summed E-state index contributed by atoms with van der Waals surface area (Å²) in [5.41, 5.74) is 4.31. The second-order valence-electron chi connectivity index (χ2n) is 7.60. The van der Waals surface area contributed by atoms with E-state index in [9.17, 15) is 30.0 Å². The number of carboxylic acids is 1. The standard InChI is InChI=1S/C19H23NO2.F6P/c1-19(2,3)17-10-6-15(7-11-17)13-20-12-14-4-8-16(9-5-14)18(21)22;1-7(2,3,4,5)6/h4-11,20H,12-13H2,1-3H3,(H,21,22);/q;-1/p+1. The molecule has 2 rings (SSSR count). The summed E-state index contributed by atoms with van der Waals surface area (Å²) in [7, 11) is -10.7. The van der Waals surface area contributed by atoms with Crippen LogP contribution in [0.1, 0.15) is 47.8 Å². The molecule has 0 aromatic heterocycles. The zero-order valence-electron chi connectivity index (χ0n) is 16.2. The van der Waals surface area contributed by atoms with E-state index in [0.717, 1.165) is 18.7 Å². The van der Waals surface area contributed by atoms with Gasteiger partial charge in [0.05, 0.1) is 5.56 Å². The Morgan fingerprint density at radius 1 is 0.828 bits per heavy atom. The van der Waals surface area contributed by atoms with Gasteiger partial charge >= 0.3 is 39.0 Å². The van der Waals surface area contributed by atoms with Crippen LogP contribution in [0.4, 0.5) is 25.2 Å². The van der Waals surface area contributed by atoms with E-state index in [1.165, 1.54) is 11.1 Å². The van der Waals surface area contributed by atoms with Crippen molar-refractivity contribution in [3.8, 4) is 0 Å². The van der Waals surface area contributed by atoms with Crippen molar-refractivity contribution >= 4 is 13.8 Å². The molecule has 0 radical (unpaired) electrons. The van der Waals surface area contributed by atoms with Gasteiger partial charge in [-0.2, -0.15) is 0 Å². The zero-order valence-corrected chi connectivity index (χ0v) is 17.1. The first-order valence-corrected chi connectivity index (χ1v) is 10.6. The van der Waals surface area contributed by atoms with Crippen LogP contribution in [-0.2, 0) is 18.5 Å². The minimum absolute atomic E-state index is 0.189. The quantitative estimate of drug-likeness (QED) is 0.419. The molecule has 2 aromatic carbocycles. The number of carboxylic acid groups (broad SMARTS) is 1. The van der Waals surface area contributed by atoms with Crippen molar-refractivity contribution in [1.29, 1.82) is 0 Å².